The third-order valence-electron chi connectivity index (χ3n) is 6.16. The van der Waals surface area contributed by atoms with Gasteiger partial charge in [0.2, 0.25) is 6.29 Å². The smallest absolute Gasteiger partial charge is 0.286 e. The van der Waals surface area contributed by atoms with Gasteiger partial charge in [0.25, 0.3) is 5.91 Å². The lowest BCUT2D eigenvalue weighted by Crippen LogP contribution is -2.41. The van der Waals surface area contributed by atoms with Crippen molar-refractivity contribution in [3.05, 3.63) is 34.2 Å². The van der Waals surface area contributed by atoms with Crippen molar-refractivity contribution in [2.75, 3.05) is 13.2 Å². The summed E-state index contributed by atoms with van der Waals surface area (Å²) in [5.41, 5.74) is 1.21. The van der Waals surface area contributed by atoms with Gasteiger partial charge in [-0.25, -0.2) is 0 Å². The number of aliphatic hydroxyl groups is 1. The molecule has 0 spiro atoms. The number of fused-ring (bicyclic) bond motifs is 2. The third-order valence-corrected chi connectivity index (χ3v) is 6.86. The van der Waals surface area contributed by atoms with Crippen LogP contribution in [0.2, 0.25) is 0 Å². The van der Waals surface area contributed by atoms with E-state index in [1.54, 1.807) is 11.3 Å². The number of thiophene rings is 1. The number of ether oxygens (including phenoxy) is 2. The van der Waals surface area contributed by atoms with Crippen molar-refractivity contribution in [3.63, 3.8) is 0 Å². The Morgan fingerprint density at radius 1 is 1.30 bits per heavy atom. The monoisotopic (exact) mass is 391 g/mol. The van der Waals surface area contributed by atoms with Crippen LogP contribution in [-0.4, -0.2) is 36.6 Å². The molecule has 3 aliphatic rings. The average Bonchev–Trinajstić information content (AvgIpc) is 3.43. The summed E-state index contributed by atoms with van der Waals surface area (Å²) in [5.74, 6) is 1.86. The van der Waals surface area contributed by atoms with Gasteiger partial charge in [0, 0.05) is 25.0 Å². The molecule has 0 saturated heterocycles. The molecule has 2 aliphatic carbocycles. The number of aliphatic hydroxyl groups excluding tert-OH is 1. The van der Waals surface area contributed by atoms with Crippen LogP contribution in [-0.2, 0) is 14.3 Å². The van der Waals surface area contributed by atoms with Gasteiger partial charge in [-0.15, -0.1) is 0 Å². The van der Waals surface area contributed by atoms with E-state index in [1.807, 2.05) is 6.08 Å². The zero-order valence-electron chi connectivity index (χ0n) is 15.6. The van der Waals surface area contributed by atoms with E-state index in [1.165, 1.54) is 24.8 Å². The van der Waals surface area contributed by atoms with E-state index in [2.05, 4.69) is 22.1 Å². The number of nitrogens with one attached hydrogen (secondary N) is 1. The molecule has 1 aromatic rings. The molecule has 6 heteroatoms. The zero-order chi connectivity index (χ0) is 18.6. The number of carbonyl (C=O) groups excluding carboxylic acids is 1. The Balaban J connectivity index is 1.41. The first-order chi connectivity index (χ1) is 13.2. The van der Waals surface area contributed by atoms with Crippen LogP contribution in [0, 0.1) is 11.8 Å². The third kappa shape index (κ3) is 4.55. The molecule has 0 aromatic carbocycles. The highest BCUT2D eigenvalue weighted by atomic mass is 32.1. The quantitative estimate of drug-likeness (QED) is 0.665. The molecule has 0 radical (unpaired) electrons. The first-order valence-corrected chi connectivity index (χ1v) is 11.1. The lowest BCUT2D eigenvalue weighted by molar-refractivity contribution is -0.147. The van der Waals surface area contributed by atoms with Crippen LogP contribution in [0.1, 0.15) is 56.4 Å². The van der Waals surface area contributed by atoms with E-state index in [4.69, 9.17) is 14.6 Å². The highest BCUT2D eigenvalue weighted by Crippen LogP contribution is 2.44. The Morgan fingerprint density at radius 2 is 2.22 bits per heavy atom. The molecule has 2 bridgehead atoms. The summed E-state index contributed by atoms with van der Waals surface area (Å²) in [6.45, 7) is 0.701. The van der Waals surface area contributed by atoms with Gasteiger partial charge in [0.05, 0.1) is 6.61 Å². The summed E-state index contributed by atoms with van der Waals surface area (Å²) in [7, 11) is 0. The van der Waals surface area contributed by atoms with Crippen LogP contribution in [0.5, 0.6) is 0 Å². The Kier molecular flexibility index (Phi) is 6.15. The number of carbonyl (C=O) groups is 1. The van der Waals surface area contributed by atoms with Crippen LogP contribution in [0.25, 0.3) is 0 Å². The lowest BCUT2D eigenvalue weighted by Gasteiger charge is -2.30. The maximum Gasteiger partial charge on any atom is 0.286 e. The molecular weight excluding hydrogens is 362 g/mol. The number of hydrogen-bond acceptors (Lipinski definition) is 5. The van der Waals surface area contributed by atoms with Gasteiger partial charge >= 0.3 is 0 Å². The van der Waals surface area contributed by atoms with Crippen molar-refractivity contribution < 1.29 is 19.4 Å². The van der Waals surface area contributed by atoms with Crippen LogP contribution in [0.15, 0.2) is 28.7 Å². The summed E-state index contributed by atoms with van der Waals surface area (Å²) in [6, 6.07) is 2.40. The van der Waals surface area contributed by atoms with Gasteiger partial charge in [0.15, 0.2) is 5.76 Å². The van der Waals surface area contributed by atoms with E-state index >= 15 is 0 Å². The number of hydrogen-bond donors (Lipinski definition) is 2. The predicted octanol–water partition coefficient (Wildman–Crippen LogP) is 3.56. The summed E-state index contributed by atoms with van der Waals surface area (Å²) in [4.78, 5) is 12.9. The van der Waals surface area contributed by atoms with Crippen molar-refractivity contribution in [2.45, 2.75) is 63.2 Å². The van der Waals surface area contributed by atoms with E-state index in [-0.39, 0.29) is 18.4 Å². The number of rotatable bonds is 8. The van der Waals surface area contributed by atoms with Crippen molar-refractivity contribution in [1.82, 2.24) is 5.32 Å². The summed E-state index contributed by atoms with van der Waals surface area (Å²) < 4.78 is 11.8. The molecule has 2 N–H and O–H groups in total. The second-order valence-electron chi connectivity index (χ2n) is 8.03. The van der Waals surface area contributed by atoms with Gasteiger partial charge in [-0.2, -0.15) is 11.3 Å². The molecule has 4 rings (SSSR count). The second-order valence-corrected chi connectivity index (χ2v) is 8.81. The van der Waals surface area contributed by atoms with Gasteiger partial charge in [-0.05, 0) is 72.4 Å². The van der Waals surface area contributed by atoms with Gasteiger partial charge in [-0.1, -0.05) is 6.42 Å². The van der Waals surface area contributed by atoms with E-state index in [0.717, 1.165) is 18.8 Å². The summed E-state index contributed by atoms with van der Waals surface area (Å²) >= 11 is 1.66. The molecule has 2 heterocycles. The summed E-state index contributed by atoms with van der Waals surface area (Å²) in [5, 5.41) is 16.3. The zero-order valence-corrected chi connectivity index (χ0v) is 16.5. The largest absolute Gasteiger partial charge is 0.459 e. The maximum absolute atomic E-state index is 12.9. The number of unbranched alkanes of at least 4 members (excludes halogenated alkanes) is 1. The molecular formula is C21H29NO4S. The lowest BCUT2D eigenvalue weighted by atomic mass is 9.94. The normalized spacial score (nSPS) is 32.2. The van der Waals surface area contributed by atoms with Gasteiger partial charge in [0.1, 0.15) is 0 Å². The molecule has 5 atom stereocenters. The average molecular weight is 392 g/mol. The van der Waals surface area contributed by atoms with Crippen molar-refractivity contribution in [3.8, 4) is 0 Å². The van der Waals surface area contributed by atoms with Crippen molar-refractivity contribution >= 4 is 17.2 Å². The van der Waals surface area contributed by atoms with E-state index in [0.29, 0.717) is 37.2 Å². The molecule has 1 aliphatic heterocycles. The molecule has 5 nitrogen and oxygen atoms in total. The molecule has 27 heavy (non-hydrogen) atoms. The highest BCUT2D eigenvalue weighted by molar-refractivity contribution is 7.08. The Labute approximate surface area is 164 Å². The molecule has 5 unspecified atom stereocenters. The second kappa shape index (κ2) is 8.76. The minimum Gasteiger partial charge on any atom is -0.459 e. The Morgan fingerprint density at radius 3 is 2.93 bits per heavy atom. The number of allylic oxidation sites excluding steroid dienone is 1. The molecule has 2 fully saturated rings. The SMILES string of the molecule is O=C(NC1CC2CCC1C2)C1=CC(c2ccsc2)CC(OCCCCO)O1. The maximum atomic E-state index is 12.9. The van der Waals surface area contributed by atoms with Gasteiger partial charge < -0.3 is 19.9 Å². The Hall–Kier alpha value is -1.37. The highest BCUT2D eigenvalue weighted by Gasteiger charge is 2.41. The minimum atomic E-state index is -0.417. The fourth-order valence-corrected chi connectivity index (χ4v) is 5.45. The van der Waals surface area contributed by atoms with Gasteiger partial charge in [-0.3, -0.25) is 4.79 Å². The van der Waals surface area contributed by atoms with Crippen LogP contribution in [0.3, 0.4) is 0 Å². The van der Waals surface area contributed by atoms with Crippen LogP contribution < -0.4 is 5.32 Å². The van der Waals surface area contributed by atoms with Crippen molar-refractivity contribution in [1.29, 1.82) is 0 Å². The molecule has 2 saturated carbocycles. The first kappa shape index (κ1) is 19.0. The fraction of sp³-hybridized carbons (Fsp3) is 0.667. The van der Waals surface area contributed by atoms with E-state index < -0.39 is 6.29 Å². The molecule has 148 valence electrons. The number of amides is 1. The van der Waals surface area contributed by atoms with Crippen LogP contribution >= 0.6 is 11.3 Å². The molecule has 1 amide bonds. The first-order valence-electron chi connectivity index (χ1n) is 10.2. The van der Waals surface area contributed by atoms with Crippen molar-refractivity contribution in [2.24, 2.45) is 11.8 Å². The van der Waals surface area contributed by atoms with E-state index in [9.17, 15) is 4.79 Å². The molecule has 1 aromatic heterocycles. The topological polar surface area (TPSA) is 67.8 Å². The minimum absolute atomic E-state index is 0.101. The standard InChI is InChI=1S/C21H29NO4S/c23-6-1-2-7-25-20-12-17(16-5-8-27-13-16)11-19(26-20)21(24)22-18-10-14-3-4-15(18)9-14/h5,8,11,13-15,17-18,20,23H,1-4,6-7,9-10,12H2,(H,22,24). The fourth-order valence-electron chi connectivity index (χ4n) is 4.73. The van der Waals surface area contributed by atoms with Crippen LogP contribution in [0.4, 0.5) is 0 Å². The predicted molar refractivity (Wildman–Crippen MR) is 104 cm³/mol. The summed E-state index contributed by atoms with van der Waals surface area (Å²) in [6.07, 6.45) is 8.68. The Bertz CT molecular complexity index is 659.